The fraction of sp³-hybridized carbons (Fsp3) is 0.400. The van der Waals surface area contributed by atoms with Crippen molar-refractivity contribution in [3.05, 3.63) is 40.4 Å². The maximum Gasteiger partial charge on any atom is 0.272 e. The van der Waals surface area contributed by atoms with E-state index in [0.29, 0.717) is 18.2 Å². The number of fused-ring (bicyclic) bond motifs is 1. The Labute approximate surface area is 127 Å². The fourth-order valence-electron chi connectivity index (χ4n) is 2.80. The average Bonchev–Trinajstić information content (AvgIpc) is 3.06. The van der Waals surface area contributed by atoms with Crippen molar-refractivity contribution in [1.82, 2.24) is 14.9 Å². The number of rotatable bonds is 4. The van der Waals surface area contributed by atoms with Crippen molar-refractivity contribution in [3.8, 4) is 5.75 Å². The summed E-state index contributed by atoms with van der Waals surface area (Å²) in [7, 11) is 1.68. The number of carbonyl (C=O) groups is 1. The summed E-state index contributed by atoms with van der Waals surface area (Å²) in [4.78, 5) is 11.9. The van der Waals surface area contributed by atoms with Gasteiger partial charge in [-0.1, -0.05) is 10.6 Å². The fourth-order valence-corrected chi connectivity index (χ4v) is 3.24. The van der Waals surface area contributed by atoms with E-state index in [0.717, 1.165) is 25.0 Å². The van der Waals surface area contributed by atoms with Crippen LogP contribution in [-0.4, -0.2) is 29.1 Å². The van der Waals surface area contributed by atoms with Crippen LogP contribution in [-0.2, 0) is 6.42 Å². The van der Waals surface area contributed by atoms with Crippen LogP contribution in [0.5, 0.6) is 5.75 Å². The van der Waals surface area contributed by atoms with Gasteiger partial charge in [-0.2, -0.15) is 0 Å². The molecule has 1 aliphatic rings. The number of hydrogen-bond donors (Lipinski definition) is 1. The first-order chi connectivity index (χ1) is 10.3. The van der Waals surface area contributed by atoms with Crippen molar-refractivity contribution in [2.24, 2.45) is 0 Å². The third-order valence-corrected chi connectivity index (χ3v) is 4.39. The lowest BCUT2D eigenvalue weighted by Gasteiger charge is -2.26. The number of amides is 1. The zero-order valence-electron chi connectivity index (χ0n) is 11.8. The molecule has 1 unspecified atom stereocenters. The molecule has 0 fully saturated rings. The monoisotopic (exact) mass is 303 g/mol. The Kier molecular flexibility index (Phi) is 4.15. The number of benzene rings is 1. The topological polar surface area (TPSA) is 64.1 Å². The molecule has 0 bridgehead atoms. The summed E-state index contributed by atoms with van der Waals surface area (Å²) in [5.74, 6) is 1.10. The van der Waals surface area contributed by atoms with Gasteiger partial charge in [0.25, 0.3) is 5.91 Å². The van der Waals surface area contributed by atoms with E-state index in [-0.39, 0.29) is 5.91 Å². The Hall–Kier alpha value is -1.95. The third kappa shape index (κ3) is 3.05. The molecule has 3 rings (SSSR count). The molecule has 1 aromatic carbocycles. The number of nitrogens with one attached hydrogen (secondary N) is 1. The van der Waals surface area contributed by atoms with Gasteiger partial charge in [0.2, 0.25) is 0 Å². The van der Waals surface area contributed by atoms with Crippen LogP contribution >= 0.6 is 11.5 Å². The van der Waals surface area contributed by atoms with E-state index in [1.165, 1.54) is 22.7 Å². The van der Waals surface area contributed by atoms with E-state index in [4.69, 9.17) is 4.74 Å². The number of aromatic nitrogens is 2. The first kappa shape index (κ1) is 14.0. The molecule has 0 radical (unpaired) electrons. The maximum absolute atomic E-state index is 11.9. The van der Waals surface area contributed by atoms with E-state index >= 15 is 0 Å². The van der Waals surface area contributed by atoms with E-state index in [1.54, 1.807) is 12.5 Å². The molecule has 2 aromatic rings. The Balaban J connectivity index is 1.69. The second kappa shape index (κ2) is 6.22. The molecule has 1 amide bonds. The zero-order chi connectivity index (χ0) is 14.7. The summed E-state index contributed by atoms with van der Waals surface area (Å²) in [6.45, 7) is 0.635. The Morgan fingerprint density at radius 2 is 2.43 bits per heavy atom. The predicted octanol–water partition coefficient (Wildman–Crippen LogP) is 2.40. The third-order valence-electron chi connectivity index (χ3n) is 3.89. The van der Waals surface area contributed by atoms with Crippen LogP contribution in [0, 0.1) is 0 Å². The Morgan fingerprint density at radius 3 is 3.19 bits per heavy atom. The number of carbonyl (C=O) groups excluding carboxylic acids is 1. The van der Waals surface area contributed by atoms with Crippen LogP contribution in [0.2, 0.25) is 0 Å². The first-order valence-electron chi connectivity index (χ1n) is 7.00. The van der Waals surface area contributed by atoms with Gasteiger partial charge in [-0.25, -0.2) is 0 Å². The highest BCUT2D eigenvalue weighted by Crippen LogP contribution is 2.33. The lowest BCUT2D eigenvalue weighted by Crippen LogP contribution is -2.30. The highest BCUT2D eigenvalue weighted by atomic mass is 32.1. The lowest BCUT2D eigenvalue weighted by molar-refractivity contribution is 0.0945. The SMILES string of the molecule is COc1ccc2c(c1)CCCC2CNC(=O)c1csnn1. The van der Waals surface area contributed by atoms with Gasteiger partial charge in [-0.15, -0.1) is 5.10 Å². The van der Waals surface area contributed by atoms with Crippen molar-refractivity contribution < 1.29 is 9.53 Å². The van der Waals surface area contributed by atoms with E-state index in [1.807, 2.05) is 6.07 Å². The molecule has 0 spiro atoms. The van der Waals surface area contributed by atoms with Crippen LogP contribution in [0.15, 0.2) is 23.6 Å². The zero-order valence-corrected chi connectivity index (χ0v) is 12.7. The molecule has 1 N–H and O–H groups in total. The molecule has 0 saturated carbocycles. The molecule has 110 valence electrons. The van der Waals surface area contributed by atoms with E-state index < -0.39 is 0 Å². The molecule has 1 aromatic heterocycles. The van der Waals surface area contributed by atoms with Crippen molar-refractivity contribution in [2.75, 3.05) is 13.7 Å². The molecular formula is C15H17N3O2S. The van der Waals surface area contributed by atoms with Crippen molar-refractivity contribution in [3.63, 3.8) is 0 Å². The highest BCUT2D eigenvalue weighted by molar-refractivity contribution is 7.03. The molecule has 21 heavy (non-hydrogen) atoms. The minimum atomic E-state index is -0.149. The molecule has 1 aliphatic carbocycles. The molecule has 6 heteroatoms. The standard InChI is InChI=1S/C15H17N3O2S/c1-20-12-5-6-13-10(7-12)3-2-4-11(13)8-16-15(19)14-9-21-18-17-14/h5-7,9,11H,2-4,8H2,1H3,(H,16,19). The number of nitrogens with zero attached hydrogens (tertiary/aromatic N) is 2. The molecule has 1 heterocycles. The van der Waals surface area contributed by atoms with Gasteiger partial charge in [-0.3, -0.25) is 4.79 Å². The largest absolute Gasteiger partial charge is 0.497 e. The average molecular weight is 303 g/mol. The van der Waals surface area contributed by atoms with Gasteiger partial charge in [0.15, 0.2) is 5.69 Å². The minimum Gasteiger partial charge on any atom is -0.497 e. The molecule has 0 aliphatic heterocycles. The van der Waals surface area contributed by atoms with Crippen molar-refractivity contribution in [2.45, 2.75) is 25.2 Å². The number of ether oxygens (including phenoxy) is 1. The van der Waals surface area contributed by atoms with Gasteiger partial charge >= 0.3 is 0 Å². The first-order valence-corrected chi connectivity index (χ1v) is 7.83. The van der Waals surface area contributed by atoms with Crippen LogP contribution in [0.4, 0.5) is 0 Å². The van der Waals surface area contributed by atoms with Gasteiger partial charge in [0.05, 0.1) is 7.11 Å². The van der Waals surface area contributed by atoms with Crippen LogP contribution < -0.4 is 10.1 Å². The number of methoxy groups -OCH3 is 1. The second-order valence-corrected chi connectivity index (χ2v) is 5.76. The number of hydrogen-bond acceptors (Lipinski definition) is 5. The van der Waals surface area contributed by atoms with Gasteiger partial charge in [-0.05, 0) is 54.1 Å². The summed E-state index contributed by atoms with van der Waals surface area (Å²) in [5.41, 5.74) is 3.04. The molecule has 1 atom stereocenters. The summed E-state index contributed by atoms with van der Waals surface area (Å²) in [6, 6.07) is 6.21. The minimum absolute atomic E-state index is 0.149. The second-order valence-electron chi connectivity index (χ2n) is 5.15. The van der Waals surface area contributed by atoms with Crippen LogP contribution in [0.3, 0.4) is 0 Å². The summed E-state index contributed by atoms with van der Waals surface area (Å²) in [6.07, 6.45) is 3.31. The van der Waals surface area contributed by atoms with Crippen LogP contribution in [0.25, 0.3) is 0 Å². The number of aryl methyl sites for hydroxylation is 1. The van der Waals surface area contributed by atoms with Gasteiger partial charge < -0.3 is 10.1 Å². The van der Waals surface area contributed by atoms with Gasteiger partial charge in [0, 0.05) is 17.8 Å². The lowest BCUT2D eigenvalue weighted by atomic mass is 9.82. The predicted molar refractivity (Wildman–Crippen MR) is 80.9 cm³/mol. The summed E-state index contributed by atoms with van der Waals surface area (Å²) < 4.78 is 8.99. The Morgan fingerprint density at radius 1 is 1.52 bits per heavy atom. The summed E-state index contributed by atoms with van der Waals surface area (Å²) in [5, 5.41) is 8.41. The molecule has 5 nitrogen and oxygen atoms in total. The quantitative estimate of drug-likeness (QED) is 0.942. The van der Waals surface area contributed by atoms with Crippen molar-refractivity contribution >= 4 is 17.4 Å². The molecular weight excluding hydrogens is 286 g/mol. The molecule has 0 saturated heterocycles. The Bertz CT molecular complexity index is 628. The van der Waals surface area contributed by atoms with E-state index in [2.05, 4.69) is 27.0 Å². The normalized spacial score (nSPS) is 17.1. The van der Waals surface area contributed by atoms with E-state index in [9.17, 15) is 4.79 Å². The maximum atomic E-state index is 11.9. The van der Waals surface area contributed by atoms with Gasteiger partial charge in [0.1, 0.15) is 5.75 Å². The van der Waals surface area contributed by atoms with Crippen LogP contribution in [0.1, 0.15) is 40.4 Å². The highest BCUT2D eigenvalue weighted by Gasteiger charge is 2.21. The smallest absolute Gasteiger partial charge is 0.272 e. The summed E-state index contributed by atoms with van der Waals surface area (Å²) >= 11 is 1.19. The van der Waals surface area contributed by atoms with Crippen molar-refractivity contribution in [1.29, 1.82) is 0 Å².